The number of nitrogens with zero attached hydrogens (tertiary/aromatic N) is 3. The Morgan fingerprint density at radius 3 is 2.35 bits per heavy atom. The third kappa shape index (κ3) is 4.80. The molecule has 1 aliphatic heterocycles. The van der Waals surface area contributed by atoms with Crippen molar-refractivity contribution in [2.24, 2.45) is 0 Å². The predicted octanol–water partition coefficient (Wildman–Crippen LogP) is 4.65. The molecule has 0 unspecified atom stereocenters. The topological polar surface area (TPSA) is 64.1 Å². The van der Waals surface area contributed by atoms with Crippen LogP contribution in [0.15, 0.2) is 48.7 Å². The molecule has 0 bridgehead atoms. The van der Waals surface area contributed by atoms with Crippen LogP contribution in [0.4, 0.5) is 24.5 Å². The Bertz CT molecular complexity index is 1180. The third-order valence-corrected chi connectivity index (χ3v) is 5.57. The number of carbonyl (C=O) groups is 1. The Morgan fingerprint density at radius 1 is 1.00 bits per heavy atom. The van der Waals surface area contributed by atoms with Crippen molar-refractivity contribution in [2.75, 3.05) is 49.7 Å². The molecule has 3 aromatic rings. The number of para-hydroxylation sites is 3. The van der Waals surface area contributed by atoms with Gasteiger partial charge in [0.2, 0.25) is 0 Å². The summed E-state index contributed by atoms with van der Waals surface area (Å²) in [6.45, 7) is 3.72. The fourth-order valence-electron chi connectivity index (χ4n) is 4.15. The molecule has 2 aromatic carbocycles. The van der Waals surface area contributed by atoms with E-state index in [-0.39, 0.29) is 12.4 Å². The maximum absolute atomic E-state index is 12.9. The first-order valence-electron chi connectivity index (χ1n) is 10.8. The number of fused-ring (bicyclic) bond motifs is 1. The van der Waals surface area contributed by atoms with E-state index in [1.807, 2.05) is 21.9 Å². The molecule has 2 heterocycles. The number of alkyl halides is 3. The number of anilines is 2. The molecule has 0 radical (unpaired) electrons. The monoisotopic (exact) mass is 475 g/mol. The number of carbonyl (C=O) groups excluding carboxylic acids is 1. The summed E-state index contributed by atoms with van der Waals surface area (Å²) < 4.78 is 53.5. The number of pyridine rings is 1. The van der Waals surface area contributed by atoms with Gasteiger partial charge in [-0.1, -0.05) is 24.3 Å². The Kier molecular flexibility index (Phi) is 6.67. The van der Waals surface area contributed by atoms with E-state index in [2.05, 4.69) is 9.72 Å². The number of halogens is 3. The van der Waals surface area contributed by atoms with Crippen LogP contribution in [0.2, 0.25) is 0 Å². The fourth-order valence-corrected chi connectivity index (χ4v) is 4.15. The Morgan fingerprint density at radius 2 is 1.68 bits per heavy atom. The first kappa shape index (κ1) is 23.5. The van der Waals surface area contributed by atoms with Gasteiger partial charge in [-0.25, -0.2) is 4.79 Å². The number of methoxy groups -OCH3 is 1. The van der Waals surface area contributed by atoms with Crippen LogP contribution in [-0.2, 0) is 4.74 Å². The van der Waals surface area contributed by atoms with E-state index in [1.165, 1.54) is 18.3 Å². The fraction of sp³-hybridized carbons (Fsp3) is 0.333. The van der Waals surface area contributed by atoms with Crippen molar-refractivity contribution in [3.63, 3.8) is 0 Å². The molecule has 0 saturated carbocycles. The number of aromatic nitrogens is 1. The lowest BCUT2D eigenvalue weighted by atomic mass is 10.1. The van der Waals surface area contributed by atoms with Crippen LogP contribution in [0.5, 0.6) is 11.5 Å². The number of piperazine rings is 1. The second-order valence-electron chi connectivity index (χ2n) is 7.59. The third-order valence-electron chi connectivity index (χ3n) is 5.57. The predicted molar refractivity (Wildman–Crippen MR) is 122 cm³/mol. The van der Waals surface area contributed by atoms with E-state index < -0.39 is 12.3 Å². The SMILES string of the molecule is CCOC(=O)c1cnc2c(OC)cccc2c1N1CCN(c2ccccc2OC(F)(F)F)CC1. The van der Waals surface area contributed by atoms with Gasteiger partial charge in [-0.15, -0.1) is 13.2 Å². The van der Waals surface area contributed by atoms with Crippen molar-refractivity contribution < 1.29 is 32.2 Å². The molecule has 7 nitrogen and oxygen atoms in total. The van der Waals surface area contributed by atoms with E-state index >= 15 is 0 Å². The second kappa shape index (κ2) is 9.66. The summed E-state index contributed by atoms with van der Waals surface area (Å²) >= 11 is 0. The Labute approximate surface area is 194 Å². The largest absolute Gasteiger partial charge is 0.573 e. The minimum Gasteiger partial charge on any atom is -0.494 e. The molecular formula is C24H24F3N3O4. The molecule has 1 fully saturated rings. The summed E-state index contributed by atoms with van der Waals surface area (Å²) in [5, 5.41) is 0.735. The van der Waals surface area contributed by atoms with E-state index in [0.717, 1.165) is 5.39 Å². The van der Waals surface area contributed by atoms with E-state index in [0.29, 0.717) is 54.4 Å². The normalized spacial score (nSPS) is 14.3. The minimum atomic E-state index is -4.78. The summed E-state index contributed by atoms with van der Waals surface area (Å²) in [5.74, 6) is -0.151. The molecule has 34 heavy (non-hydrogen) atoms. The van der Waals surface area contributed by atoms with Gasteiger partial charge in [-0.2, -0.15) is 0 Å². The van der Waals surface area contributed by atoms with Crippen molar-refractivity contribution in [3.05, 3.63) is 54.2 Å². The Hall–Kier alpha value is -3.69. The molecule has 0 amide bonds. The minimum absolute atomic E-state index is 0.220. The number of hydrogen-bond acceptors (Lipinski definition) is 7. The quantitative estimate of drug-likeness (QED) is 0.481. The number of ether oxygens (including phenoxy) is 3. The van der Waals surface area contributed by atoms with E-state index in [9.17, 15) is 18.0 Å². The zero-order chi connectivity index (χ0) is 24.3. The first-order valence-corrected chi connectivity index (χ1v) is 10.8. The van der Waals surface area contributed by atoms with Gasteiger partial charge in [0.1, 0.15) is 16.8 Å². The summed E-state index contributed by atoms with van der Waals surface area (Å²) in [7, 11) is 1.55. The molecule has 4 rings (SSSR count). The lowest BCUT2D eigenvalue weighted by molar-refractivity contribution is -0.274. The highest BCUT2D eigenvalue weighted by Gasteiger charge is 2.33. The van der Waals surface area contributed by atoms with Gasteiger partial charge < -0.3 is 24.0 Å². The van der Waals surface area contributed by atoms with Crippen LogP contribution in [0.25, 0.3) is 10.9 Å². The molecule has 0 N–H and O–H groups in total. The summed E-state index contributed by atoms with van der Waals surface area (Å²) in [5.41, 5.74) is 1.98. The van der Waals surface area contributed by atoms with Gasteiger partial charge in [-0.05, 0) is 25.1 Å². The highest BCUT2D eigenvalue weighted by atomic mass is 19.4. The number of benzene rings is 2. The van der Waals surface area contributed by atoms with Gasteiger partial charge in [0, 0.05) is 37.8 Å². The van der Waals surface area contributed by atoms with Crippen molar-refractivity contribution in [1.82, 2.24) is 4.98 Å². The summed E-state index contributed by atoms with van der Waals surface area (Å²) in [4.78, 5) is 21.0. The highest BCUT2D eigenvalue weighted by Crippen LogP contribution is 2.37. The van der Waals surface area contributed by atoms with Crippen molar-refractivity contribution in [3.8, 4) is 11.5 Å². The van der Waals surface area contributed by atoms with Crippen LogP contribution in [0, 0.1) is 0 Å². The Balaban J connectivity index is 1.66. The van der Waals surface area contributed by atoms with Gasteiger partial charge in [0.15, 0.2) is 5.75 Å². The second-order valence-corrected chi connectivity index (χ2v) is 7.59. The first-order chi connectivity index (χ1) is 16.3. The smallest absolute Gasteiger partial charge is 0.494 e. The lowest BCUT2D eigenvalue weighted by Crippen LogP contribution is -2.47. The standard InChI is InChI=1S/C24H24F3N3O4/c1-3-33-23(31)17-15-28-21-16(7-6-10-20(21)32-2)22(17)30-13-11-29(12-14-30)18-8-4-5-9-19(18)34-24(25,26)27/h4-10,15H,3,11-14H2,1-2H3. The lowest BCUT2D eigenvalue weighted by Gasteiger charge is -2.38. The van der Waals surface area contributed by atoms with Crippen LogP contribution in [0.1, 0.15) is 17.3 Å². The zero-order valence-electron chi connectivity index (χ0n) is 18.8. The highest BCUT2D eigenvalue weighted by molar-refractivity contribution is 6.06. The maximum Gasteiger partial charge on any atom is 0.573 e. The van der Waals surface area contributed by atoms with Crippen LogP contribution in [0.3, 0.4) is 0 Å². The van der Waals surface area contributed by atoms with Gasteiger partial charge in [0.25, 0.3) is 0 Å². The average molecular weight is 475 g/mol. The van der Waals surface area contributed by atoms with Gasteiger partial charge in [-0.3, -0.25) is 4.98 Å². The summed E-state index contributed by atoms with van der Waals surface area (Å²) in [6.07, 6.45) is -3.29. The van der Waals surface area contributed by atoms with Crippen molar-refractivity contribution in [1.29, 1.82) is 0 Å². The van der Waals surface area contributed by atoms with Crippen LogP contribution >= 0.6 is 0 Å². The average Bonchev–Trinajstić information content (AvgIpc) is 2.82. The maximum atomic E-state index is 12.9. The van der Waals surface area contributed by atoms with Crippen molar-refractivity contribution >= 4 is 28.2 Å². The van der Waals surface area contributed by atoms with Crippen LogP contribution < -0.4 is 19.3 Å². The molecule has 0 aliphatic carbocycles. The molecule has 0 spiro atoms. The van der Waals surface area contributed by atoms with E-state index in [1.54, 1.807) is 32.2 Å². The van der Waals surface area contributed by atoms with Crippen LogP contribution in [-0.4, -0.2) is 57.2 Å². The molecule has 1 saturated heterocycles. The molecular weight excluding hydrogens is 451 g/mol. The molecule has 1 aliphatic rings. The van der Waals surface area contributed by atoms with Crippen molar-refractivity contribution in [2.45, 2.75) is 13.3 Å². The molecule has 1 aromatic heterocycles. The number of esters is 1. The van der Waals surface area contributed by atoms with E-state index in [4.69, 9.17) is 9.47 Å². The molecule has 10 heteroatoms. The molecule has 0 atom stereocenters. The zero-order valence-corrected chi connectivity index (χ0v) is 18.8. The molecule has 180 valence electrons. The van der Waals surface area contributed by atoms with Gasteiger partial charge >= 0.3 is 12.3 Å². The summed E-state index contributed by atoms with van der Waals surface area (Å²) in [6, 6.07) is 11.6. The van der Waals surface area contributed by atoms with Gasteiger partial charge in [0.05, 0.1) is 25.1 Å². The number of hydrogen-bond donors (Lipinski definition) is 0. The number of rotatable bonds is 6.